The Balaban J connectivity index is 1.40. The highest BCUT2D eigenvalue weighted by molar-refractivity contribution is 6.01. The van der Waals surface area contributed by atoms with Crippen molar-refractivity contribution in [2.24, 2.45) is 0 Å². The first-order valence-electron chi connectivity index (χ1n) is 11.5. The smallest absolute Gasteiger partial charge is 0.0484 e. The average molecular weight is 437 g/mol. The third kappa shape index (κ3) is 3.98. The molecular weight excluding hydrogens is 412 g/mol. The molecule has 2 N–H and O–H groups in total. The van der Waals surface area contributed by atoms with Gasteiger partial charge in [0.25, 0.3) is 0 Å². The summed E-state index contributed by atoms with van der Waals surface area (Å²) in [5, 5.41) is 12.2. The molecule has 0 heterocycles. The van der Waals surface area contributed by atoms with Crippen LogP contribution in [0, 0.1) is 0 Å². The Labute approximate surface area is 199 Å². The van der Waals surface area contributed by atoms with E-state index >= 15 is 0 Å². The number of hydrogen-bond donors (Lipinski definition) is 2. The molecule has 0 atom stereocenters. The average Bonchev–Trinajstić information content (AvgIpc) is 2.90. The number of rotatable bonds is 5. The second-order valence-corrected chi connectivity index (χ2v) is 8.47. The van der Waals surface area contributed by atoms with Crippen LogP contribution >= 0.6 is 0 Å². The molecule has 0 amide bonds. The molecule has 0 saturated carbocycles. The summed E-state index contributed by atoms with van der Waals surface area (Å²) in [5.74, 6) is 0. The second kappa shape index (κ2) is 8.76. The fourth-order valence-electron chi connectivity index (χ4n) is 4.54. The summed E-state index contributed by atoms with van der Waals surface area (Å²) < 4.78 is 0. The van der Waals surface area contributed by atoms with Crippen molar-refractivity contribution in [3.05, 3.63) is 133 Å². The predicted octanol–water partition coefficient (Wildman–Crippen LogP) is 9.15. The molecule has 0 aromatic heterocycles. The van der Waals surface area contributed by atoms with E-state index in [1.807, 2.05) is 6.07 Å². The van der Waals surface area contributed by atoms with Crippen molar-refractivity contribution in [1.29, 1.82) is 0 Å². The van der Waals surface area contributed by atoms with Gasteiger partial charge in [-0.3, -0.25) is 0 Å². The Morgan fingerprint density at radius 3 is 1.82 bits per heavy atom. The number of fused-ring (bicyclic) bond motifs is 2. The number of nitrogens with one attached hydrogen (secondary N) is 2. The van der Waals surface area contributed by atoms with Gasteiger partial charge in [-0.1, -0.05) is 103 Å². The van der Waals surface area contributed by atoms with E-state index in [4.69, 9.17) is 0 Å². The maximum absolute atomic E-state index is 3.68. The quantitative estimate of drug-likeness (QED) is 0.281. The van der Waals surface area contributed by atoms with Crippen molar-refractivity contribution >= 4 is 44.3 Å². The molecule has 0 aliphatic heterocycles. The van der Waals surface area contributed by atoms with Crippen LogP contribution in [-0.2, 0) is 0 Å². The molecule has 0 aliphatic rings. The van der Waals surface area contributed by atoms with Crippen LogP contribution in [0.3, 0.4) is 0 Å². The van der Waals surface area contributed by atoms with Crippen LogP contribution in [-0.4, -0.2) is 0 Å². The van der Waals surface area contributed by atoms with Gasteiger partial charge in [-0.2, -0.15) is 0 Å². The summed E-state index contributed by atoms with van der Waals surface area (Å²) >= 11 is 0. The molecule has 0 aliphatic carbocycles. The first kappa shape index (κ1) is 20.1. The summed E-state index contributed by atoms with van der Waals surface area (Å²) in [6.07, 6.45) is 0. The maximum Gasteiger partial charge on any atom is 0.0484 e. The van der Waals surface area contributed by atoms with E-state index in [-0.39, 0.29) is 0 Å². The lowest BCUT2D eigenvalue weighted by Gasteiger charge is -2.16. The van der Waals surface area contributed by atoms with Gasteiger partial charge < -0.3 is 10.6 Å². The summed E-state index contributed by atoms with van der Waals surface area (Å²) in [6.45, 7) is 0. The largest absolute Gasteiger partial charge is 0.355 e. The number of hydrogen-bond acceptors (Lipinski definition) is 2. The van der Waals surface area contributed by atoms with Gasteiger partial charge in [0.05, 0.1) is 0 Å². The molecule has 0 unspecified atom stereocenters. The van der Waals surface area contributed by atoms with Crippen molar-refractivity contribution in [3.63, 3.8) is 0 Å². The SMILES string of the molecule is c1ccc(-c2cccc(Nc3cc(Nc4cccc5ccccc45)cc4ccccc34)c2)cc1. The lowest BCUT2D eigenvalue weighted by atomic mass is 10.0. The minimum atomic E-state index is 1.05. The van der Waals surface area contributed by atoms with Crippen LogP contribution in [0.5, 0.6) is 0 Å². The minimum Gasteiger partial charge on any atom is -0.355 e. The maximum atomic E-state index is 3.68. The molecule has 2 nitrogen and oxygen atoms in total. The standard InChI is InChI=1S/C32H24N2/c1-2-10-23(11-3-1)25-15-8-16-27(20-25)33-32-22-28(21-26-13-5-7-18-30(26)32)34-31-19-9-14-24-12-4-6-17-29(24)31/h1-22,33-34H. The Hall–Kier alpha value is -4.56. The Bertz CT molecular complexity index is 1600. The van der Waals surface area contributed by atoms with E-state index in [0.29, 0.717) is 0 Å². The van der Waals surface area contributed by atoms with Crippen LogP contribution in [0.25, 0.3) is 32.7 Å². The molecular formula is C32H24N2. The van der Waals surface area contributed by atoms with Gasteiger partial charge in [0, 0.05) is 33.5 Å². The summed E-state index contributed by atoms with van der Waals surface area (Å²) in [4.78, 5) is 0. The van der Waals surface area contributed by atoms with Crippen LogP contribution < -0.4 is 10.6 Å². The molecule has 6 rings (SSSR count). The zero-order chi connectivity index (χ0) is 22.7. The minimum absolute atomic E-state index is 1.05. The van der Waals surface area contributed by atoms with Crippen molar-refractivity contribution in [3.8, 4) is 11.1 Å². The number of anilines is 4. The summed E-state index contributed by atoms with van der Waals surface area (Å²) in [5.41, 5.74) is 6.70. The highest BCUT2D eigenvalue weighted by Gasteiger charge is 2.08. The molecule has 162 valence electrons. The second-order valence-electron chi connectivity index (χ2n) is 8.47. The van der Waals surface area contributed by atoms with E-state index in [0.717, 1.165) is 22.7 Å². The summed E-state index contributed by atoms with van der Waals surface area (Å²) in [7, 11) is 0. The van der Waals surface area contributed by atoms with Crippen molar-refractivity contribution < 1.29 is 0 Å². The van der Waals surface area contributed by atoms with E-state index in [1.54, 1.807) is 0 Å². The van der Waals surface area contributed by atoms with Crippen LogP contribution in [0.2, 0.25) is 0 Å². The van der Waals surface area contributed by atoms with Gasteiger partial charge in [-0.05, 0) is 52.2 Å². The molecule has 34 heavy (non-hydrogen) atoms. The van der Waals surface area contributed by atoms with Crippen molar-refractivity contribution in [2.75, 3.05) is 10.6 Å². The molecule has 6 aromatic rings. The Morgan fingerprint density at radius 2 is 0.971 bits per heavy atom. The first-order chi connectivity index (χ1) is 16.8. The Morgan fingerprint density at radius 1 is 0.353 bits per heavy atom. The molecule has 0 radical (unpaired) electrons. The monoisotopic (exact) mass is 436 g/mol. The molecule has 0 saturated heterocycles. The highest BCUT2D eigenvalue weighted by atomic mass is 14.9. The molecule has 0 spiro atoms. The first-order valence-corrected chi connectivity index (χ1v) is 11.5. The van der Waals surface area contributed by atoms with E-state index in [2.05, 4.69) is 138 Å². The molecule has 0 fully saturated rings. The number of benzene rings is 6. The lowest BCUT2D eigenvalue weighted by molar-refractivity contribution is 1.54. The fraction of sp³-hybridized carbons (Fsp3) is 0. The molecule has 6 aromatic carbocycles. The van der Waals surface area contributed by atoms with Crippen LogP contribution in [0.1, 0.15) is 0 Å². The third-order valence-corrected chi connectivity index (χ3v) is 6.18. The van der Waals surface area contributed by atoms with Crippen LogP contribution in [0.4, 0.5) is 22.7 Å². The van der Waals surface area contributed by atoms with E-state index in [9.17, 15) is 0 Å². The van der Waals surface area contributed by atoms with E-state index < -0.39 is 0 Å². The molecule has 2 heteroatoms. The van der Waals surface area contributed by atoms with E-state index in [1.165, 1.54) is 32.7 Å². The Kier molecular flexibility index (Phi) is 5.17. The van der Waals surface area contributed by atoms with Gasteiger partial charge in [-0.25, -0.2) is 0 Å². The highest BCUT2D eigenvalue weighted by Crippen LogP contribution is 2.34. The van der Waals surface area contributed by atoms with Crippen molar-refractivity contribution in [2.45, 2.75) is 0 Å². The zero-order valence-corrected chi connectivity index (χ0v) is 18.7. The van der Waals surface area contributed by atoms with Gasteiger partial charge in [0.15, 0.2) is 0 Å². The zero-order valence-electron chi connectivity index (χ0n) is 18.7. The van der Waals surface area contributed by atoms with Gasteiger partial charge in [0.2, 0.25) is 0 Å². The molecule has 0 bridgehead atoms. The van der Waals surface area contributed by atoms with Gasteiger partial charge in [0.1, 0.15) is 0 Å². The topological polar surface area (TPSA) is 24.1 Å². The predicted molar refractivity (Wildman–Crippen MR) is 146 cm³/mol. The van der Waals surface area contributed by atoms with Gasteiger partial charge in [-0.15, -0.1) is 0 Å². The third-order valence-electron chi connectivity index (χ3n) is 6.18. The lowest BCUT2D eigenvalue weighted by Crippen LogP contribution is -1.96. The van der Waals surface area contributed by atoms with Crippen LogP contribution in [0.15, 0.2) is 133 Å². The van der Waals surface area contributed by atoms with Crippen molar-refractivity contribution in [1.82, 2.24) is 0 Å². The normalized spacial score (nSPS) is 10.9. The van der Waals surface area contributed by atoms with Gasteiger partial charge >= 0.3 is 0 Å². The summed E-state index contributed by atoms with van der Waals surface area (Å²) in [6, 6.07) is 46.8. The fourth-order valence-corrected chi connectivity index (χ4v) is 4.54.